The van der Waals surface area contributed by atoms with E-state index in [0.717, 1.165) is 0 Å². The van der Waals surface area contributed by atoms with Gasteiger partial charge in [-0.15, -0.1) is 0 Å². The van der Waals surface area contributed by atoms with Gasteiger partial charge in [-0.2, -0.15) is 0 Å². The largest absolute Gasteiger partial charge is 0.469 e. The molecule has 0 aromatic carbocycles. The number of ether oxygens (including phenoxy) is 1. The van der Waals surface area contributed by atoms with E-state index < -0.39 is 19.9 Å². The van der Waals surface area contributed by atoms with Crippen molar-refractivity contribution in [3.8, 4) is 0 Å². The number of carbonyl (C=O) groups excluding carboxylic acids is 1. The van der Waals surface area contributed by atoms with Gasteiger partial charge < -0.3 is 8.84 Å². The molecular formula is C6H13FO2Si. The Labute approximate surface area is 61.6 Å². The summed E-state index contributed by atoms with van der Waals surface area (Å²) in [6.45, 7) is 4.56. The van der Waals surface area contributed by atoms with Crippen molar-refractivity contribution in [2.75, 3.05) is 7.11 Å². The number of carbonyl (C=O) groups is 1. The summed E-state index contributed by atoms with van der Waals surface area (Å²) in [7, 11) is -1.54. The summed E-state index contributed by atoms with van der Waals surface area (Å²) < 4.78 is 17.5. The van der Waals surface area contributed by atoms with Crippen molar-refractivity contribution in [1.82, 2.24) is 0 Å². The molecule has 0 amide bonds. The lowest BCUT2D eigenvalue weighted by atomic mass is 10.5. The molecule has 0 heterocycles. The molecule has 0 aliphatic rings. The number of rotatable bonds is 2. The molecule has 0 rings (SSSR count). The van der Waals surface area contributed by atoms with E-state index in [1.54, 1.807) is 6.92 Å². The number of hydrogen-bond donors (Lipinski definition) is 0. The molecular weight excluding hydrogens is 151 g/mol. The molecule has 0 radical (unpaired) electrons. The summed E-state index contributed by atoms with van der Waals surface area (Å²) >= 11 is 0. The van der Waals surface area contributed by atoms with Gasteiger partial charge in [0.25, 0.3) is 8.41 Å². The van der Waals surface area contributed by atoms with Crippen molar-refractivity contribution in [3.05, 3.63) is 0 Å². The number of methoxy groups -OCH3 is 1. The maximum absolute atomic E-state index is 13.1. The Bertz CT molecular complexity index is 130. The minimum Gasteiger partial charge on any atom is -0.469 e. The number of esters is 1. The van der Waals surface area contributed by atoms with Crippen LogP contribution >= 0.6 is 0 Å². The normalized spacial score (nSPS) is 14.5. The average Bonchev–Trinajstić information content (AvgIpc) is 1.83. The van der Waals surface area contributed by atoms with Crippen LogP contribution in [0.1, 0.15) is 6.92 Å². The van der Waals surface area contributed by atoms with Crippen molar-refractivity contribution in [2.24, 2.45) is 0 Å². The summed E-state index contributed by atoms with van der Waals surface area (Å²) in [5.74, 6) is -0.445. The van der Waals surface area contributed by atoms with Crippen molar-refractivity contribution in [3.63, 3.8) is 0 Å². The predicted octanol–water partition coefficient (Wildman–Crippen LogP) is 1.72. The molecule has 1 unspecified atom stereocenters. The van der Waals surface area contributed by atoms with Crippen molar-refractivity contribution in [2.45, 2.75) is 25.6 Å². The highest BCUT2D eigenvalue weighted by Gasteiger charge is 2.35. The standard InChI is InChI=1S/C6H13FO2Si/c1-5(6(8)9-2)10(3,4)7/h5H,1-4H3. The molecule has 4 heteroatoms. The summed E-state index contributed by atoms with van der Waals surface area (Å²) in [5, 5.41) is 0. The molecule has 0 N–H and O–H groups in total. The number of halogens is 1. The van der Waals surface area contributed by atoms with Crippen LogP contribution in [-0.2, 0) is 9.53 Å². The van der Waals surface area contributed by atoms with E-state index in [2.05, 4.69) is 4.74 Å². The topological polar surface area (TPSA) is 26.3 Å². The zero-order valence-electron chi connectivity index (χ0n) is 6.77. The Morgan fingerprint density at radius 2 is 2.00 bits per heavy atom. The van der Waals surface area contributed by atoms with Gasteiger partial charge in [-0.25, -0.2) is 0 Å². The van der Waals surface area contributed by atoms with E-state index in [9.17, 15) is 8.90 Å². The quantitative estimate of drug-likeness (QED) is 0.353. The van der Waals surface area contributed by atoms with Gasteiger partial charge in [0.05, 0.1) is 12.7 Å². The van der Waals surface area contributed by atoms with E-state index >= 15 is 0 Å². The Morgan fingerprint density at radius 1 is 1.60 bits per heavy atom. The van der Waals surface area contributed by atoms with Crippen LogP contribution in [0.2, 0.25) is 18.6 Å². The molecule has 0 aromatic heterocycles. The van der Waals surface area contributed by atoms with Gasteiger partial charge >= 0.3 is 5.97 Å². The van der Waals surface area contributed by atoms with Crippen LogP contribution < -0.4 is 0 Å². The van der Waals surface area contributed by atoms with Crippen LogP contribution in [-0.4, -0.2) is 21.5 Å². The van der Waals surface area contributed by atoms with Gasteiger partial charge in [0.2, 0.25) is 0 Å². The van der Waals surface area contributed by atoms with Crippen molar-refractivity contribution in [1.29, 1.82) is 0 Å². The molecule has 0 spiro atoms. The molecule has 0 aromatic rings. The zero-order chi connectivity index (χ0) is 8.36. The second kappa shape index (κ2) is 3.14. The molecule has 10 heavy (non-hydrogen) atoms. The molecule has 0 bridgehead atoms. The first-order valence-electron chi connectivity index (χ1n) is 3.16. The third-order valence-corrected chi connectivity index (χ3v) is 3.88. The van der Waals surface area contributed by atoms with E-state index in [4.69, 9.17) is 0 Å². The third kappa shape index (κ3) is 2.47. The van der Waals surface area contributed by atoms with E-state index in [1.165, 1.54) is 20.2 Å². The fourth-order valence-corrected chi connectivity index (χ4v) is 1.14. The molecule has 0 aliphatic carbocycles. The first kappa shape index (κ1) is 9.62. The minimum absolute atomic E-state index is 0.445. The lowest BCUT2D eigenvalue weighted by Crippen LogP contribution is -2.31. The average molecular weight is 164 g/mol. The lowest BCUT2D eigenvalue weighted by molar-refractivity contribution is -0.140. The highest BCUT2D eigenvalue weighted by Crippen LogP contribution is 2.22. The Kier molecular flexibility index (Phi) is 3.02. The third-order valence-electron chi connectivity index (χ3n) is 1.58. The maximum Gasteiger partial charge on any atom is 0.308 e. The fourth-order valence-electron chi connectivity index (χ4n) is 0.457. The van der Waals surface area contributed by atoms with Crippen LogP contribution in [0.5, 0.6) is 0 Å². The molecule has 0 fully saturated rings. The van der Waals surface area contributed by atoms with Gasteiger partial charge in [-0.1, -0.05) is 6.92 Å². The van der Waals surface area contributed by atoms with E-state index in [-0.39, 0.29) is 0 Å². The minimum atomic E-state index is -2.82. The molecule has 0 saturated heterocycles. The van der Waals surface area contributed by atoms with Crippen LogP contribution in [0.15, 0.2) is 0 Å². The molecule has 1 atom stereocenters. The van der Waals surface area contributed by atoms with Crippen LogP contribution in [0, 0.1) is 0 Å². The smallest absolute Gasteiger partial charge is 0.308 e. The van der Waals surface area contributed by atoms with Gasteiger partial charge in [0.1, 0.15) is 0 Å². The second-order valence-electron chi connectivity index (χ2n) is 2.81. The summed E-state index contributed by atoms with van der Waals surface area (Å²) in [5.41, 5.74) is -0.558. The fraction of sp³-hybridized carbons (Fsp3) is 0.833. The van der Waals surface area contributed by atoms with Crippen LogP contribution in [0.4, 0.5) is 4.11 Å². The van der Waals surface area contributed by atoms with Gasteiger partial charge in [0, 0.05) is 0 Å². The summed E-state index contributed by atoms with van der Waals surface area (Å²) in [6, 6.07) is 0. The highest BCUT2D eigenvalue weighted by atomic mass is 28.4. The molecule has 2 nitrogen and oxygen atoms in total. The second-order valence-corrected chi connectivity index (χ2v) is 6.80. The van der Waals surface area contributed by atoms with Crippen molar-refractivity contribution < 1.29 is 13.6 Å². The Balaban J connectivity index is 4.08. The highest BCUT2D eigenvalue weighted by molar-refractivity contribution is 6.75. The van der Waals surface area contributed by atoms with Crippen LogP contribution in [0.25, 0.3) is 0 Å². The van der Waals surface area contributed by atoms with Gasteiger partial charge in [0.15, 0.2) is 0 Å². The predicted molar refractivity (Wildman–Crippen MR) is 40.0 cm³/mol. The van der Waals surface area contributed by atoms with Gasteiger partial charge in [-0.05, 0) is 13.1 Å². The van der Waals surface area contributed by atoms with Crippen LogP contribution in [0.3, 0.4) is 0 Å². The van der Waals surface area contributed by atoms with E-state index in [0.29, 0.717) is 0 Å². The SMILES string of the molecule is COC(=O)C(C)[Si](C)(C)F. The first-order chi connectivity index (χ1) is 4.39. The number of hydrogen-bond acceptors (Lipinski definition) is 2. The van der Waals surface area contributed by atoms with Crippen molar-refractivity contribution >= 4 is 14.4 Å². The Hall–Kier alpha value is -0.383. The molecule has 0 aliphatic heterocycles. The van der Waals surface area contributed by atoms with E-state index in [1.807, 2.05) is 0 Å². The lowest BCUT2D eigenvalue weighted by Gasteiger charge is -2.16. The maximum atomic E-state index is 13.1. The summed E-state index contributed by atoms with van der Waals surface area (Å²) in [6.07, 6.45) is 0. The molecule has 60 valence electrons. The first-order valence-corrected chi connectivity index (χ1v) is 6.12. The monoisotopic (exact) mass is 164 g/mol. The summed E-state index contributed by atoms with van der Waals surface area (Å²) in [4.78, 5) is 10.7. The Morgan fingerprint density at radius 3 is 2.10 bits per heavy atom. The molecule has 0 saturated carbocycles. The van der Waals surface area contributed by atoms with Gasteiger partial charge in [-0.3, -0.25) is 4.79 Å². The zero-order valence-corrected chi connectivity index (χ0v) is 7.77.